The molecule has 1 saturated heterocycles. The molecule has 65 heavy (non-hydrogen) atoms. The van der Waals surface area contributed by atoms with Crippen LogP contribution in [0.3, 0.4) is 0 Å². The van der Waals surface area contributed by atoms with Crippen molar-refractivity contribution in [1.82, 2.24) is 28.5 Å². The van der Waals surface area contributed by atoms with Crippen molar-refractivity contribution in [3.8, 4) is 0 Å². The number of nitrogens with zero attached hydrogens (tertiary/aromatic N) is 6. The fourth-order valence-corrected chi connectivity index (χ4v) is 14.6. The number of hydrogen-bond donors (Lipinski definition) is 0. The summed E-state index contributed by atoms with van der Waals surface area (Å²) in [7, 11) is -0.143. The lowest BCUT2D eigenvalue weighted by Crippen LogP contribution is -2.46. The lowest BCUT2D eigenvalue weighted by molar-refractivity contribution is -0.152. The predicted molar refractivity (Wildman–Crippen MR) is 278 cm³/mol. The van der Waals surface area contributed by atoms with Crippen LogP contribution in [0, 0.1) is 5.92 Å². The van der Waals surface area contributed by atoms with Crippen molar-refractivity contribution in [2.75, 3.05) is 78.3 Å². The molecular weight excluding hydrogens is 903 g/mol. The number of piperidine rings is 1. The molecule has 1 fully saturated rings. The molecule has 1 aliphatic heterocycles. The van der Waals surface area contributed by atoms with Crippen LogP contribution in [0.1, 0.15) is 150 Å². The highest BCUT2D eigenvalue weighted by molar-refractivity contribution is 8.13. The van der Waals surface area contributed by atoms with Gasteiger partial charge in [-0.15, -0.1) is 0 Å². The van der Waals surface area contributed by atoms with Gasteiger partial charge in [0.25, 0.3) is 0 Å². The average Bonchev–Trinajstić information content (AvgIpc) is 3.20. The van der Waals surface area contributed by atoms with E-state index in [-0.39, 0.29) is 65.9 Å². The number of hydrogen-bond acceptors (Lipinski definition) is 16. The minimum atomic E-state index is -1.19. The number of rotatable bonds is 36. The largest absolute Gasteiger partial charge is 0.351 e. The zero-order chi connectivity index (χ0) is 49.4. The Hall–Kier alpha value is 0.420. The van der Waals surface area contributed by atoms with Crippen LogP contribution in [0.15, 0.2) is 0 Å². The van der Waals surface area contributed by atoms with Crippen molar-refractivity contribution >= 4 is 50.7 Å². The molecule has 0 spiro atoms. The first kappa shape index (κ1) is 63.4. The topological polar surface area (TPSA) is 109 Å². The quantitative estimate of drug-likeness (QED) is 0.0337. The molecule has 0 amide bonds. The average molecular weight is 1000 g/mol. The molecule has 0 bridgehead atoms. The summed E-state index contributed by atoms with van der Waals surface area (Å²) in [6.07, 6.45) is 2.71. The molecule has 0 aromatic rings. The van der Waals surface area contributed by atoms with Gasteiger partial charge in [-0.3, -0.25) is 9.59 Å². The maximum atomic E-state index is 13.2. The van der Waals surface area contributed by atoms with Crippen molar-refractivity contribution < 1.29 is 37.6 Å². The van der Waals surface area contributed by atoms with E-state index in [1.807, 2.05) is 6.92 Å². The summed E-state index contributed by atoms with van der Waals surface area (Å²) in [4.78, 5) is 30.6. The number of carbonyl (C=O) groups is 2. The summed E-state index contributed by atoms with van der Waals surface area (Å²) >= 11 is 2.59. The molecule has 1 heterocycles. The van der Waals surface area contributed by atoms with Gasteiger partial charge < -0.3 is 37.8 Å². The lowest BCUT2D eigenvalue weighted by Gasteiger charge is -2.47. The summed E-state index contributed by atoms with van der Waals surface area (Å²) in [6.45, 7) is 44.8. The van der Waals surface area contributed by atoms with Crippen LogP contribution in [0.4, 0.5) is 0 Å². The van der Waals surface area contributed by atoms with Gasteiger partial charge >= 0.3 is 0 Å². The van der Waals surface area contributed by atoms with Crippen LogP contribution in [0.5, 0.6) is 0 Å². The molecule has 1 rings (SSSR count). The second-order valence-electron chi connectivity index (χ2n) is 19.2. The van der Waals surface area contributed by atoms with Crippen LogP contribution in [-0.2, 0) is 37.6 Å². The van der Waals surface area contributed by atoms with E-state index in [0.29, 0.717) is 62.7 Å². The Morgan fingerprint density at radius 1 is 0.646 bits per heavy atom. The highest BCUT2D eigenvalue weighted by Crippen LogP contribution is 2.52. The van der Waals surface area contributed by atoms with Crippen molar-refractivity contribution in [1.29, 1.82) is 0 Å². The van der Waals surface area contributed by atoms with Gasteiger partial charge in [-0.05, 0) is 164 Å². The van der Waals surface area contributed by atoms with Gasteiger partial charge in [0.2, 0.25) is 0 Å². The van der Waals surface area contributed by atoms with Gasteiger partial charge in [-0.2, -0.15) is 0 Å². The van der Waals surface area contributed by atoms with E-state index in [2.05, 4.69) is 153 Å². The van der Waals surface area contributed by atoms with Gasteiger partial charge in [0, 0.05) is 85.6 Å². The number of carbonyl (C=O) groups excluding carboxylic acids is 2. The molecule has 14 nitrogen and oxygen atoms in total. The Labute approximate surface area is 410 Å². The fourth-order valence-electron chi connectivity index (χ4n) is 8.57. The molecule has 1 aliphatic rings. The first-order chi connectivity index (χ1) is 30.6. The van der Waals surface area contributed by atoms with Gasteiger partial charge in [0.05, 0.1) is 6.61 Å². The summed E-state index contributed by atoms with van der Waals surface area (Å²) in [6, 6.07) is 2.46. The number of likely N-dealkylation sites (tertiary alicyclic amines) is 1. The normalized spacial score (nSPS) is 16.9. The second kappa shape index (κ2) is 34.7. The van der Waals surface area contributed by atoms with Gasteiger partial charge in [0.15, 0.2) is 47.0 Å². The Kier molecular flexibility index (Phi) is 33.9. The molecule has 386 valence electrons. The van der Waals surface area contributed by atoms with Crippen molar-refractivity contribution in [2.45, 2.75) is 211 Å². The SMILES string of the molecule is CCOC(COP(N(C(C)C)C(C)C)N(C(C)C)C(C)C)OCCSC(=O)CCN(CC)C(C)CC(C)N(C(C)C)P(OCOCOCSC(=O)C1CCN(C)CC1)N(C(C)C)C(C)C. The molecule has 4 atom stereocenters. The standard InChI is InChI=1S/C47H98N6O8P2S2/c1-20-49(27-24-45(54)64-29-28-59-46(58-21-2)31-60-62(50(35(3)4)36(5)6)51(37(7)8)38(9)10)42(17)30-43(18)53(41(15)16)63(52(39(11)12)40(13)14)61-33-56-32-57-34-65-47(55)44-22-25-48(19)26-23-44/h35-44,46H,20-34H2,1-19H3. The van der Waals surface area contributed by atoms with Gasteiger partial charge in [-0.25, -0.2) is 18.7 Å². The highest BCUT2D eigenvalue weighted by atomic mass is 32.2. The maximum Gasteiger partial charge on any atom is 0.194 e. The Bertz CT molecular complexity index is 1210. The third-order valence-electron chi connectivity index (χ3n) is 11.3. The minimum Gasteiger partial charge on any atom is -0.351 e. The zero-order valence-electron chi connectivity index (χ0n) is 44.6. The number of ether oxygens (including phenoxy) is 4. The molecule has 0 aromatic heterocycles. The molecule has 0 aromatic carbocycles. The maximum absolute atomic E-state index is 13.2. The van der Waals surface area contributed by atoms with Crippen LogP contribution < -0.4 is 0 Å². The fraction of sp³-hybridized carbons (Fsp3) is 0.957. The van der Waals surface area contributed by atoms with E-state index >= 15 is 0 Å². The molecule has 0 radical (unpaired) electrons. The third kappa shape index (κ3) is 23.9. The van der Waals surface area contributed by atoms with Crippen LogP contribution >= 0.6 is 40.4 Å². The third-order valence-corrected chi connectivity index (χ3v) is 19.1. The zero-order valence-corrected chi connectivity index (χ0v) is 48.0. The second-order valence-corrected chi connectivity index (χ2v) is 24.7. The van der Waals surface area contributed by atoms with E-state index in [1.165, 1.54) is 23.5 Å². The van der Waals surface area contributed by atoms with E-state index in [9.17, 15) is 9.59 Å². The molecule has 4 unspecified atom stereocenters. The van der Waals surface area contributed by atoms with Crippen LogP contribution in [0.25, 0.3) is 0 Å². The molecule has 18 heteroatoms. The summed E-state index contributed by atoms with van der Waals surface area (Å²) in [5.41, 5.74) is 0. The molecule has 0 saturated carbocycles. The van der Waals surface area contributed by atoms with Crippen LogP contribution in [-0.4, -0.2) is 178 Å². The Morgan fingerprint density at radius 2 is 1.15 bits per heavy atom. The van der Waals surface area contributed by atoms with E-state index in [0.717, 1.165) is 38.9 Å². The molecule has 0 N–H and O–H groups in total. The summed E-state index contributed by atoms with van der Waals surface area (Å²) in [5.74, 6) is 0.956. The Morgan fingerprint density at radius 3 is 1.63 bits per heavy atom. The van der Waals surface area contributed by atoms with E-state index in [4.69, 9.17) is 28.0 Å². The molecule has 0 aliphatic carbocycles. The highest BCUT2D eigenvalue weighted by Gasteiger charge is 2.38. The van der Waals surface area contributed by atoms with E-state index < -0.39 is 23.2 Å². The van der Waals surface area contributed by atoms with Crippen molar-refractivity contribution in [2.24, 2.45) is 5.92 Å². The molecular formula is C47H98N6O8P2S2. The number of thioether (sulfide) groups is 2. The minimum absolute atomic E-state index is 0.0693. The van der Waals surface area contributed by atoms with Crippen molar-refractivity contribution in [3.63, 3.8) is 0 Å². The summed E-state index contributed by atoms with van der Waals surface area (Å²) in [5, 5.41) is 0.385. The smallest absolute Gasteiger partial charge is 0.194 e. The van der Waals surface area contributed by atoms with Gasteiger partial charge in [-0.1, -0.05) is 30.4 Å². The van der Waals surface area contributed by atoms with Gasteiger partial charge in [0.1, 0.15) is 12.5 Å². The summed E-state index contributed by atoms with van der Waals surface area (Å²) < 4.78 is 47.0. The monoisotopic (exact) mass is 1000 g/mol. The van der Waals surface area contributed by atoms with Crippen molar-refractivity contribution in [3.05, 3.63) is 0 Å². The van der Waals surface area contributed by atoms with Crippen LogP contribution in [0.2, 0.25) is 0 Å². The first-order valence-electron chi connectivity index (χ1n) is 24.7. The van der Waals surface area contributed by atoms with E-state index in [1.54, 1.807) is 0 Å². The lowest BCUT2D eigenvalue weighted by atomic mass is 9.99. The first-order valence-corrected chi connectivity index (χ1v) is 29.0. The predicted octanol–water partition coefficient (Wildman–Crippen LogP) is 10.6. The Balaban J connectivity index is 2.79.